The lowest BCUT2D eigenvalue weighted by Gasteiger charge is -2.25. The Morgan fingerprint density at radius 1 is 1.13 bits per heavy atom. The number of benzene rings is 2. The van der Waals surface area contributed by atoms with Gasteiger partial charge in [0, 0.05) is 12.8 Å². The average Bonchev–Trinajstić information content (AvgIpc) is 3.15. The molecule has 4 heteroatoms. The molecule has 2 aromatic rings. The average molecular weight is 409 g/mol. The zero-order valence-electron chi connectivity index (χ0n) is 17.9. The Bertz CT molecular complexity index is 870. The quantitative estimate of drug-likeness (QED) is 0.492. The van der Waals surface area contributed by atoms with E-state index >= 15 is 0 Å². The summed E-state index contributed by atoms with van der Waals surface area (Å²) < 4.78 is 6.12. The number of aliphatic carboxylic acids is 1. The monoisotopic (exact) mass is 408 g/mol. The van der Waals surface area contributed by atoms with Crippen LogP contribution in [0.3, 0.4) is 0 Å². The van der Waals surface area contributed by atoms with Gasteiger partial charge in [0.1, 0.15) is 17.1 Å². The summed E-state index contributed by atoms with van der Waals surface area (Å²) in [4.78, 5) is 10.9. The molecule has 1 unspecified atom stereocenters. The van der Waals surface area contributed by atoms with Gasteiger partial charge in [-0.25, -0.2) is 0 Å². The highest BCUT2D eigenvalue weighted by molar-refractivity contribution is 5.67. The first-order valence-corrected chi connectivity index (χ1v) is 10.8. The molecule has 0 heterocycles. The molecule has 2 aromatic carbocycles. The van der Waals surface area contributed by atoms with Crippen molar-refractivity contribution in [3.8, 4) is 11.5 Å². The van der Waals surface area contributed by atoms with Gasteiger partial charge >= 0.3 is 5.97 Å². The van der Waals surface area contributed by atoms with E-state index in [1.54, 1.807) is 0 Å². The van der Waals surface area contributed by atoms with Crippen molar-refractivity contribution < 1.29 is 19.7 Å². The number of aromatic hydroxyl groups is 1. The van der Waals surface area contributed by atoms with Crippen LogP contribution >= 0.6 is 0 Å². The van der Waals surface area contributed by atoms with Crippen LogP contribution in [-0.4, -0.2) is 21.8 Å². The molecule has 160 valence electrons. The minimum absolute atomic E-state index is 0.0293. The molecule has 0 amide bonds. The fourth-order valence-corrected chi connectivity index (χ4v) is 4.33. The molecule has 1 saturated carbocycles. The first-order chi connectivity index (χ1) is 14.4. The van der Waals surface area contributed by atoms with Crippen molar-refractivity contribution in [3.63, 3.8) is 0 Å². The molecule has 3 rings (SSSR count). The van der Waals surface area contributed by atoms with E-state index in [-0.39, 0.29) is 23.7 Å². The number of carboxylic acid groups (broad SMARTS) is 1. The smallest absolute Gasteiger partial charge is 0.303 e. The lowest BCUT2D eigenvalue weighted by molar-refractivity contribution is -0.136. The fraction of sp³-hybridized carbons (Fsp3) is 0.423. The number of para-hydroxylation sites is 2. The zero-order valence-corrected chi connectivity index (χ0v) is 17.9. The molecule has 1 aliphatic rings. The van der Waals surface area contributed by atoms with Gasteiger partial charge in [0.15, 0.2) is 0 Å². The van der Waals surface area contributed by atoms with Crippen molar-refractivity contribution in [2.75, 3.05) is 0 Å². The number of hydrogen-bond donors (Lipinski definition) is 2. The van der Waals surface area contributed by atoms with Gasteiger partial charge in [-0.1, -0.05) is 55.0 Å². The summed E-state index contributed by atoms with van der Waals surface area (Å²) in [5.74, 6) is 0.943. The Balaban J connectivity index is 1.66. The van der Waals surface area contributed by atoms with Gasteiger partial charge in [0.2, 0.25) is 0 Å². The third-order valence-electron chi connectivity index (χ3n) is 5.86. The number of carbonyl (C=O) groups is 1. The summed E-state index contributed by atoms with van der Waals surface area (Å²) in [6.45, 7) is 4.18. The number of phenols is 1. The van der Waals surface area contributed by atoms with E-state index in [4.69, 9.17) is 9.84 Å². The highest BCUT2D eigenvalue weighted by Crippen LogP contribution is 2.44. The third-order valence-corrected chi connectivity index (χ3v) is 5.86. The lowest BCUT2D eigenvalue weighted by Crippen LogP contribution is -2.27. The zero-order chi connectivity index (χ0) is 21.6. The minimum atomic E-state index is -0.846. The summed E-state index contributed by atoms with van der Waals surface area (Å²) >= 11 is 0. The summed E-state index contributed by atoms with van der Waals surface area (Å²) in [6, 6.07) is 15.6. The standard InChI is InChI=1S/C26H32O4/c1-26(2,30-21-12-4-3-5-13-21)18-8-11-19-9-6-14-22(19)23-15-7-10-20(25(23)29)16-17-24(27)28/h3-5,7-8,10-13,15,19,22,29H,6,9,14,16-18H2,1-2H3,(H,27,28)/b11-8+/t19?,22-/m0/s1. The number of hydrogen-bond acceptors (Lipinski definition) is 3. The van der Waals surface area contributed by atoms with E-state index < -0.39 is 5.97 Å². The summed E-state index contributed by atoms with van der Waals surface area (Å²) in [7, 11) is 0. The Hall–Kier alpha value is -2.75. The highest BCUT2D eigenvalue weighted by Gasteiger charge is 2.29. The van der Waals surface area contributed by atoms with Crippen LogP contribution in [0.4, 0.5) is 0 Å². The van der Waals surface area contributed by atoms with Crippen LogP contribution < -0.4 is 4.74 Å². The number of carboxylic acids is 1. The SMILES string of the molecule is CC(C)(C/C=C/C1CCC[C@@H]1c1cccc(CCC(=O)O)c1O)Oc1ccccc1. The van der Waals surface area contributed by atoms with Gasteiger partial charge in [0.25, 0.3) is 0 Å². The normalized spacial score (nSPS) is 19.3. The molecular formula is C26H32O4. The predicted octanol–water partition coefficient (Wildman–Crippen LogP) is 6.10. The Kier molecular flexibility index (Phi) is 7.20. The van der Waals surface area contributed by atoms with Crippen molar-refractivity contribution in [2.24, 2.45) is 5.92 Å². The van der Waals surface area contributed by atoms with Crippen molar-refractivity contribution in [2.45, 2.75) is 63.9 Å². The van der Waals surface area contributed by atoms with Gasteiger partial charge in [-0.15, -0.1) is 0 Å². The lowest BCUT2D eigenvalue weighted by atomic mass is 9.86. The maximum atomic E-state index is 10.9. The first-order valence-electron chi connectivity index (χ1n) is 10.8. The summed E-state index contributed by atoms with van der Waals surface area (Å²) in [5.41, 5.74) is 1.37. The molecule has 1 fully saturated rings. The Labute approximate surface area is 179 Å². The molecule has 0 spiro atoms. The Morgan fingerprint density at radius 3 is 2.63 bits per heavy atom. The van der Waals surface area contributed by atoms with Crippen molar-refractivity contribution in [1.29, 1.82) is 0 Å². The molecule has 0 aromatic heterocycles. The van der Waals surface area contributed by atoms with Crippen LogP contribution in [0.5, 0.6) is 11.5 Å². The number of ether oxygens (including phenoxy) is 1. The summed E-state index contributed by atoms with van der Waals surface area (Å²) in [6.07, 6.45) is 8.93. The van der Waals surface area contributed by atoms with E-state index in [2.05, 4.69) is 26.0 Å². The number of aryl methyl sites for hydroxylation is 1. The second kappa shape index (κ2) is 9.84. The van der Waals surface area contributed by atoms with Crippen LogP contribution in [0.1, 0.15) is 63.0 Å². The maximum absolute atomic E-state index is 10.9. The number of allylic oxidation sites excluding steroid dienone is 1. The van der Waals surface area contributed by atoms with Crippen molar-refractivity contribution in [3.05, 3.63) is 71.8 Å². The van der Waals surface area contributed by atoms with E-state index in [9.17, 15) is 9.90 Å². The van der Waals surface area contributed by atoms with Crippen LogP contribution in [0.25, 0.3) is 0 Å². The number of rotatable bonds is 9. The van der Waals surface area contributed by atoms with Crippen LogP contribution in [0.15, 0.2) is 60.7 Å². The van der Waals surface area contributed by atoms with Crippen LogP contribution in [0, 0.1) is 5.92 Å². The second-order valence-corrected chi connectivity index (χ2v) is 8.76. The van der Waals surface area contributed by atoms with Crippen LogP contribution in [-0.2, 0) is 11.2 Å². The third kappa shape index (κ3) is 5.88. The molecule has 1 aliphatic carbocycles. The van der Waals surface area contributed by atoms with Gasteiger partial charge in [0.05, 0.1) is 0 Å². The van der Waals surface area contributed by atoms with Crippen molar-refractivity contribution >= 4 is 5.97 Å². The molecule has 0 saturated heterocycles. The van der Waals surface area contributed by atoms with Gasteiger partial charge in [-0.2, -0.15) is 0 Å². The number of phenolic OH excluding ortho intramolecular Hbond substituents is 1. The molecule has 2 N–H and O–H groups in total. The Morgan fingerprint density at radius 2 is 1.90 bits per heavy atom. The van der Waals surface area contributed by atoms with Gasteiger partial charge < -0.3 is 14.9 Å². The molecule has 2 atom stereocenters. The van der Waals surface area contributed by atoms with Gasteiger partial charge in [-0.05, 0) is 68.2 Å². The van der Waals surface area contributed by atoms with E-state index in [1.807, 2.05) is 48.5 Å². The molecular weight excluding hydrogens is 376 g/mol. The predicted molar refractivity (Wildman–Crippen MR) is 119 cm³/mol. The fourth-order valence-electron chi connectivity index (χ4n) is 4.33. The molecule has 0 bridgehead atoms. The molecule has 30 heavy (non-hydrogen) atoms. The van der Waals surface area contributed by atoms with Crippen LogP contribution in [0.2, 0.25) is 0 Å². The molecule has 0 radical (unpaired) electrons. The second-order valence-electron chi connectivity index (χ2n) is 8.76. The van der Waals surface area contributed by atoms with Crippen molar-refractivity contribution in [1.82, 2.24) is 0 Å². The van der Waals surface area contributed by atoms with Gasteiger partial charge in [-0.3, -0.25) is 4.79 Å². The van der Waals surface area contributed by atoms with E-state index in [1.165, 1.54) is 0 Å². The molecule has 0 aliphatic heterocycles. The van der Waals surface area contributed by atoms with E-state index in [0.717, 1.165) is 42.6 Å². The topological polar surface area (TPSA) is 66.8 Å². The molecule has 4 nitrogen and oxygen atoms in total. The maximum Gasteiger partial charge on any atom is 0.303 e. The highest BCUT2D eigenvalue weighted by atomic mass is 16.5. The first kappa shape index (κ1) is 21.9. The largest absolute Gasteiger partial charge is 0.507 e. The summed E-state index contributed by atoms with van der Waals surface area (Å²) in [5, 5.41) is 19.7. The minimum Gasteiger partial charge on any atom is -0.507 e. The van der Waals surface area contributed by atoms with E-state index in [0.29, 0.717) is 12.3 Å².